The van der Waals surface area contributed by atoms with Crippen molar-refractivity contribution in [3.63, 3.8) is 0 Å². The van der Waals surface area contributed by atoms with Gasteiger partial charge in [-0.15, -0.1) is 0 Å². The Labute approximate surface area is 412 Å². The molecule has 70 heavy (non-hydrogen) atoms. The molecule has 3 heterocycles. The van der Waals surface area contributed by atoms with Gasteiger partial charge in [0, 0.05) is 64.4 Å². The molecule has 17 nitrogen and oxygen atoms in total. The van der Waals surface area contributed by atoms with Gasteiger partial charge in [0.1, 0.15) is 48.5 Å². The zero-order chi connectivity index (χ0) is 50.4. The van der Waals surface area contributed by atoms with E-state index in [1.165, 1.54) is 27.0 Å². The molecule has 1 aromatic carbocycles. The summed E-state index contributed by atoms with van der Waals surface area (Å²) in [5.41, 5.74) is -2.19. The lowest BCUT2D eigenvalue weighted by molar-refractivity contribution is -0.352. The molecular formula is C53H78O17. The molecule has 0 aromatic heterocycles. The molecule has 1 aromatic rings. The number of hydrogen-bond donors (Lipinski definition) is 3. The molecule has 3 aliphatic heterocycles. The van der Waals surface area contributed by atoms with Crippen LogP contribution in [0.3, 0.4) is 0 Å². The van der Waals surface area contributed by atoms with E-state index in [-0.39, 0.29) is 29.6 Å². The molecule has 17 heteroatoms. The van der Waals surface area contributed by atoms with Gasteiger partial charge in [-0.25, -0.2) is 4.79 Å². The Morgan fingerprint density at radius 1 is 0.700 bits per heavy atom. The van der Waals surface area contributed by atoms with E-state index in [0.717, 1.165) is 12.0 Å². The Bertz CT molecular complexity index is 2000. The highest BCUT2D eigenvalue weighted by molar-refractivity contribution is 5.87. The van der Waals surface area contributed by atoms with Crippen LogP contribution in [-0.2, 0) is 66.5 Å². The molecular weight excluding hydrogens is 909 g/mol. The number of Topliss-reactive ketones (excluding diaryl/α,β-unsaturated/α-hetero) is 1. The number of aliphatic hydroxyl groups is 3. The second-order valence-electron chi connectivity index (χ2n) is 21.7. The van der Waals surface area contributed by atoms with Crippen molar-refractivity contribution in [2.24, 2.45) is 34.5 Å². The minimum Gasteiger partial charge on any atom is -0.458 e. The van der Waals surface area contributed by atoms with Gasteiger partial charge in [-0.1, -0.05) is 44.2 Å². The summed E-state index contributed by atoms with van der Waals surface area (Å²) in [6.07, 6.45) is -3.20. The van der Waals surface area contributed by atoms with Crippen molar-refractivity contribution in [1.82, 2.24) is 0 Å². The maximum absolute atomic E-state index is 13.8. The first kappa shape index (κ1) is 53.4. The lowest BCUT2D eigenvalue weighted by Crippen LogP contribution is -2.73. The van der Waals surface area contributed by atoms with E-state index < -0.39 is 126 Å². The maximum atomic E-state index is 13.8. The second kappa shape index (κ2) is 21.5. The predicted molar refractivity (Wildman–Crippen MR) is 250 cm³/mol. The molecule has 4 unspecified atom stereocenters. The highest BCUT2D eigenvalue weighted by Crippen LogP contribution is 2.70. The van der Waals surface area contributed by atoms with Crippen molar-refractivity contribution in [1.29, 1.82) is 0 Å². The summed E-state index contributed by atoms with van der Waals surface area (Å²) >= 11 is 0. The van der Waals surface area contributed by atoms with Crippen molar-refractivity contribution in [2.45, 2.75) is 210 Å². The smallest absolute Gasteiger partial charge is 0.331 e. The summed E-state index contributed by atoms with van der Waals surface area (Å²) in [6, 6.07) is 9.38. The summed E-state index contributed by atoms with van der Waals surface area (Å²) in [6.45, 7) is 12.4. The van der Waals surface area contributed by atoms with E-state index in [0.29, 0.717) is 51.4 Å². The van der Waals surface area contributed by atoms with Crippen LogP contribution >= 0.6 is 0 Å². The van der Waals surface area contributed by atoms with Crippen LogP contribution in [0.15, 0.2) is 36.4 Å². The first-order chi connectivity index (χ1) is 33.3. The normalized spacial score (nSPS) is 47.2. The molecule has 392 valence electrons. The number of rotatable bonds is 14. The standard InChI is InChI=1S/C53H78O17/c1-27(54)35-21-23-53(59)36-18-17-33-24-34(20-22-51(33,6)42(36)47(66-31(5)55)49(52(35,53)7)68-39(56)19-16-32-14-12-11-13-15-32)67-40-25-37(60-8)45(29(3)63-40)69-41-26-38(61-9)46(30(4)64-41)70-50-44(58)48(62-10)43(57)28(2)65-50/h11-16,19,28-30,33-38,40-50,57-59H,17-18,20-26H2,1-10H3/b19-16+/t28-,29-,30-,33?,34+,35-,36?,37+,38+,40+,41+,42?,43-,44-,45-,46-,47?,48-,49-,50+,51+,52+,53+/m1/s1. The summed E-state index contributed by atoms with van der Waals surface area (Å²) < 4.78 is 68.5. The number of aliphatic hydroxyl groups excluding tert-OH is 2. The van der Waals surface area contributed by atoms with Gasteiger partial charge in [-0.3, -0.25) is 9.59 Å². The molecule has 4 saturated carbocycles. The number of esters is 2. The fraction of sp³-hybridized carbons (Fsp3) is 0.792. The van der Waals surface area contributed by atoms with Gasteiger partial charge >= 0.3 is 11.9 Å². The zero-order valence-electron chi connectivity index (χ0n) is 42.5. The van der Waals surface area contributed by atoms with E-state index >= 15 is 0 Å². The number of carbonyl (C=O) groups excluding carboxylic acids is 3. The molecule has 0 bridgehead atoms. The number of fused-ring (bicyclic) bond motifs is 5. The summed E-state index contributed by atoms with van der Waals surface area (Å²) in [5.74, 6) is -2.40. The van der Waals surface area contributed by atoms with Crippen LogP contribution in [0, 0.1) is 34.5 Å². The fourth-order valence-electron chi connectivity index (χ4n) is 14.3. The Hall–Kier alpha value is -2.91. The molecule has 7 aliphatic rings. The van der Waals surface area contributed by atoms with Gasteiger partial charge in [0.25, 0.3) is 0 Å². The molecule has 0 spiro atoms. The Balaban J connectivity index is 0.935. The van der Waals surface area contributed by atoms with Crippen LogP contribution in [0.4, 0.5) is 0 Å². The van der Waals surface area contributed by atoms with Crippen molar-refractivity contribution >= 4 is 23.8 Å². The number of ether oxygens (including phenoxy) is 11. The van der Waals surface area contributed by atoms with Crippen LogP contribution in [0.1, 0.15) is 112 Å². The molecule has 8 rings (SSSR count). The quantitative estimate of drug-likeness (QED) is 0.126. The number of hydrogen-bond acceptors (Lipinski definition) is 17. The average molecular weight is 987 g/mol. The molecule has 0 radical (unpaired) electrons. The Morgan fingerprint density at radius 3 is 1.96 bits per heavy atom. The average Bonchev–Trinajstić information content (AvgIpc) is 3.61. The van der Waals surface area contributed by atoms with Crippen LogP contribution in [0.2, 0.25) is 0 Å². The van der Waals surface area contributed by atoms with Gasteiger partial charge in [-0.05, 0) is 102 Å². The third-order valence-corrected chi connectivity index (χ3v) is 17.9. The molecule has 7 fully saturated rings. The van der Waals surface area contributed by atoms with E-state index in [4.69, 9.17) is 52.1 Å². The van der Waals surface area contributed by atoms with Gasteiger partial charge < -0.3 is 67.4 Å². The Morgan fingerprint density at radius 2 is 1.34 bits per heavy atom. The van der Waals surface area contributed by atoms with Crippen LogP contribution in [0.25, 0.3) is 6.08 Å². The predicted octanol–water partition coefficient (Wildman–Crippen LogP) is 5.06. The van der Waals surface area contributed by atoms with Gasteiger partial charge in [0.05, 0.1) is 42.2 Å². The number of benzene rings is 1. The summed E-state index contributed by atoms with van der Waals surface area (Å²) in [4.78, 5) is 40.4. The number of carbonyl (C=O) groups is 3. The molecule has 3 N–H and O–H groups in total. The van der Waals surface area contributed by atoms with Gasteiger partial charge in [0.2, 0.25) is 0 Å². The Kier molecular flexibility index (Phi) is 16.4. The first-order valence-electron chi connectivity index (χ1n) is 25.5. The maximum Gasteiger partial charge on any atom is 0.331 e. The van der Waals surface area contributed by atoms with E-state index in [2.05, 4.69) is 6.92 Å². The lowest BCUT2D eigenvalue weighted by Gasteiger charge is -2.66. The van der Waals surface area contributed by atoms with Crippen molar-refractivity contribution in [2.75, 3.05) is 21.3 Å². The van der Waals surface area contributed by atoms with Gasteiger partial charge in [0.15, 0.2) is 18.9 Å². The molecule has 0 amide bonds. The van der Waals surface area contributed by atoms with Crippen molar-refractivity contribution in [3.8, 4) is 0 Å². The first-order valence-corrected chi connectivity index (χ1v) is 25.5. The van der Waals surface area contributed by atoms with E-state index in [9.17, 15) is 29.7 Å². The SMILES string of the molecule is CO[C@H]1[C@@H](O)[C@H](O[C@H]2[C@@H](OC)C[C@H](O[C@H]3[C@@H](OC)C[C@H](O[C@H]4CC[C@@]5(C)C(CCC6C5C(OC(C)=O)[C@@H](OC(=O)/C=C/c5ccccc5)[C@]5(C)[C@@H](C(C)=O)CC[C@]65O)C4)O[C@@H]3C)O[C@@H]2C)O[C@H](C)[C@H]1O. The fourth-order valence-corrected chi connectivity index (χ4v) is 14.3. The van der Waals surface area contributed by atoms with Crippen LogP contribution in [-0.4, -0.2) is 158 Å². The summed E-state index contributed by atoms with van der Waals surface area (Å²) in [5, 5.41) is 34.5. The zero-order valence-corrected chi connectivity index (χ0v) is 42.5. The molecule has 3 saturated heterocycles. The van der Waals surface area contributed by atoms with Crippen LogP contribution < -0.4 is 0 Å². The van der Waals surface area contributed by atoms with E-state index in [1.807, 2.05) is 51.1 Å². The number of ketones is 1. The molecule has 4 aliphatic carbocycles. The molecule has 23 atom stereocenters. The topological polar surface area (TPSA) is 213 Å². The minimum atomic E-state index is -1.35. The van der Waals surface area contributed by atoms with E-state index in [1.54, 1.807) is 27.2 Å². The minimum absolute atomic E-state index is 0.0903. The van der Waals surface area contributed by atoms with Crippen molar-refractivity contribution < 1.29 is 81.8 Å². The largest absolute Gasteiger partial charge is 0.458 e. The van der Waals surface area contributed by atoms with Crippen molar-refractivity contribution in [3.05, 3.63) is 42.0 Å². The number of methoxy groups -OCH3 is 3. The third kappa shape index (κ3) is 9.93. The van der Waals surface area contributed by atoms with Gasteiger partial charge in [-0.2, -0.15) is 0 Å². The monoisotopic (exact) mass is 987 g/mol. The second-order valence-corrected chi connectivity index (χ2v) is 21.7. The highest BCUT2D eigenvalue weighted by atomic mass is 16.8. The third-order valence-electron chi connectivity index (χ3n) is 17.9. The van der Waals surface area contributed by atoms with Crippen LogP contribution in [0.5, 0.6) is 0 Å². The summed E-state index contributed by atoms with van der Waals surface area (Å²) in [7, 11) is 4.64. The highest BCUT2D eigenvalue weighted by Gasteiger charge is 2.76. The lowest BCUT2D eigenvalue weighted by atomic mass is 9.41.